The highest BCUT2D eigenvalue weighted by Gasteiger charge is 2.17. The number of nitrogens with two attached hydrogens (primary N) is 1. The second kappa shape index (κ2) is 7.38. The van der Waals surface area contributed by atoms with Crippen molar-refractivity contribution in [2.75, 3.05) is 6.54 Å². The number of carbonyl (C=O) groups excluding carboxylic acids is 1. The second-order valence-corrected chi connectivity index (χ2v) is 4.61. The van der Waals surface area contributed by atoms with Crippen LogP contribution in [0, 0.1) is 19.8 Å². The molecule has 1 amide bonds. The number of aromatic nitrogens is 1. The minimum atomic E-state index is -0.445. The summed E-state index contributed by atoms with van der Waals surface area (Å²) in [6.45, 7) is 8.18. The number of nitrogens with one attached hydrogen (secondary N) is 1. The molecule has 0 saturated heterocycles. The van der Waals surface area contributed by atoms with Gasteiger partial charge in [0.15, 0.2) is 0 Å². The highest BCUT2D eigenvalue weighted by molar-refractivity contribution is 5.85. The number of rotatable bonds is 5. The summed E-state index contributed by atoms with van der Waals surface area (Å²) in [5.41, 5.74) is 7.67. The number of nitrogens with zero attached hydrogens (tertiary/aromatic N) is 1. The molecular formula is C12H22ClN3O2. The second-order valence-electron chi connectivity index (χ2n) is 4.61. The Morgan fingerprint density at radius 2 is 2.06 bits per heavy atom. The molecule has 1 rings (SSSR count). The molecule has 0 unspecified atom stereocenters. The molecule has 0 bridgehead atoms. The number of aryl methyl sites for hydroxylation is 2. The quantitative estimate of drug-likeness (QED) is 0.850. The molecule has 5 nitrogen and oxygen atoms in total. The SMILES string of the molecule is Cc1noc(C)c1CCNC(=O)[C@@H](N)C(C)C.Cl. The van der Waals surface area contributed by atoms with Crippen LogP contribution in [0.3, 0.4) is 0 Å². The Bertz CT molecular complexity index is 371. The van der Waals surface area contributed by atoms with E-state index in [0.29, 0.717) is 6.54 Å². The molecular weight excluding hydrogens is 254 g/mol. The minimum Gasteiger partial charge on any atom is -0.361 e. The fourth-order valence-corrected chi connectivity index (χ4v) is 1.59. The third kappa shape index (κ3) is 4.31. The maximum Gasteiger partial charge on any atom is 0.237 e. The molecule has 0 aliphatic carbocycles. The van der Waals surface area contributed by atoms with Gasteiger partial charge in [0.25, 0.3) is 0 Å². The fraction of sp³-hybridized carbons (Fsp3) is 0.667. The molecule has 0 aliphatic heterocycles. The van der Waals surface area contributed by atoms with Gasteiger partial charge in [0.2, 0.25) is 5.91 Å². The van der Waals surface area contributed by atoms with Crippen LogP contribution >= 0.6 is 12.4 Å². The summed E-state index contributed by atoms with van der Waals surface area (Å²) in [5.74, 6) is 0.853. The largest absolute Gasteiger partial charge is 0.361 e. The van der Waals surface area contributed by atoms with Gasteiger partial charge in [0.05, 0.1) is 11.7 Å². The Hall–Kier alpha value is -1.07. The molecule has 0 aliphatic rings. The summed E-state index contributed by atoms with van der Waals surface area (Å²) in [5, 5.41) is 6.69. The van der Waals surface area contributed by atoms with E-state index in [-0.39, 0.29) is 24.2 Å². The first kappa shape index (κ1) is 16.9. The molecule has 0 fully saturated rings. The van der Waals surface area contributed by atoms with Gasteiger partial charge in [-0.3, -0.25) is 4.79 Å². The standard InChI is InChI=1S/C12H21N3O2.ClH/c1-7(2)11(13)12(16)14-6-5-10-8(3)15-17-9(10)4;/h7,11H,5-6,13H2,1-4H3,(H,14,16);1H/t11-;/m0./s1. The minimum absolute atomic E-state index is 0. The smallest absolute Gasteiger partial charge is 0.237 e. The number of hydrogen-bond donors (Lipinski definition) is 2. The van der Waals surface area contributed by atoms with E-state index in [4.69, 9.17) is 10.3 Å². The van der Waals surface area contributed by atoms with Gasteiger partial charge in [-0.1, -0.05) is 19.0 Å². The summed E-state index contributed by atoms with van der Waals surface area (Å²) in [6.07, 6.45) is 0.720. The maximum atomic E-state index is 11.6. The van der Waals surface area contributed by atoms with Crippen LogP contribution in [0.5, 0.6) is 0 Å². The molecule has 0 saturated carbocycles. The summed E-state index contributed by atoms with van der Waals surface area (Å²) < 4.78 is 5.05. The van der Waals surface area contributed by atoms with Crippen molar-refractivity contribution in [1.82, 2.24) is 10.5 Å². The zero-order chi connectivity index (χ0) is 13.0. The Kier molecular flexibility index (Phi) is 6.94. The van der Waals surface area contributed by atoms with Gasteiger partial charge >= 0.3 is 0 Å². The predicted octanol–water partition coefficient (Wildman–Crippen LogP) is 1.36. The van der Waals surface area contributed by atoms with Gasteiger partial charge in [-0.05, 0) is 26.2 Å². The number of carbonyl (C=O) groups is 1. The first-order valence-electron chi connectivity index (χ1n) is 5.88. The van der Waals surface area contributed by atoms with E-state index in [1.165, 1.54) is 0 Å². The highest BCUT2D eigenvalue weighted by atomic mass is 35.5. The van der Waals surface area contributed by atoms with Crippen LogP contribution in [0.1, 0.15) is 30.9 Å². The van der Waals surface area contributed by atoms with Crippen molar-refractivity contribution >= 4 is 18.3 Å². The average molecular weight is 276 g/mol. The third-order valence-corrected chi connectivity index (χ3v) is 2.88. The van der Waals surface area contributed by atoms with Crippen molar-refractivity contribution in [3.8, 4) is 0 Å². The number of hydrogen-bond acceptors (Lipinski definition) is 4. The van der Waals surface area contributed by atoms with Gasteiger partial charge in [0.1, 0.15) is 5.76 Å². The van der Waals surface area contributed by atoms with E-state index >= 15 is 0 Å². The molecule has 1 heterocycles. The van der Waals surface area contributed by atoms with Crippen LogP contribution in [-0.2, 0) is 11.2 Å². The molecule has 18 heavy (non-hydrogen) atoms. The van der Waals surface area contributed by atoms with Crippen LogP contribution in [-0.4, -0.2) is 23.7 Å². The number of halogens is 1. The average Bonchev–Trinajstić information content (AvgIpc) is 2.59. The van der Waals surface area contributed by atoms with Crippen molar-refractivity contribution in [3.63, 3.8) is 0 Å². The fourth-order valence-electron chi connectivity index (χ4n) is 1.59. The molecule has 1 atom stereocenters. The molecule has 3 N–H and O–H groups in total. The van der Waals surface area contributed by atoms with Crippen LogP contribution in [0.4, 0.5) is 0 Å². The maximum absolute atomic E-state index is 11.6. The predicted molar refractivity (Wildman–Crippen MR) is 72.8 cm³/mol. The summed E-state index contributed by atoms with van der Waals surface area (Å²) in [6, 6.07) is -0.445. The third-order valence-electron chi connectivity index (χ3n) is 2.88. The highest BCUT2D eigenvalue weighted by Crippen LogP contribution is 2.12. The van der Waals surface area contributed by atoms with Gasteiger partial charge < -0.3 is 15.6 Å². The monoisotopic (exact) mass is 275 g/mol. The van der Waals surface area contributed by atoms with Gasteiger partial charge in [-0.15, -0.1) is 12.4 Å². The Balaban J connectivity index is 0.00000289. The first-order valence-corrected chi connectivity index (χ1v) is 5.88. The van der Waals surface area contributed by atoms with Crippen LogP contribution in [0.2, 0.25) is 0 Å². The molecule has 6 heteroatoms. The lowest BCUT2D eigenvalue weighted by Gasteiger charge is -2.15. The van der Waals surface area contributed by atoms with Crippen LogP contribution < -0.4 is 11.1 Å². The lowest BCUT2D eigenvalue weighted by atomic mass is 10.0. The van der Waals surface area contributed by atoms with Gasteiger partial charge in [-0.2, -0.15) is 0 Å². The van der Waals surface area contributed by atoms with Crippen molar-refractivity contribution < 1.29 is 9.32 Å². The van der Waals surface area contributed by atoms with Crippen LogP contribution in [0.25, 0.3) is 0 Å². The topological polar surface area (TPSA) is 81.2 Å². The zero-order valence-electron chi connectivity index (χ0n) is 11.3. The van der Waals surface area contributed by atoms with E-state index in [2.05, 4.69) is 10.5 Å². The van der Waals surface area contributed by atoms with E-state index < -0.39 is 6.04 Å². The molecule has 1 aromatic rings. The first-order chi connectivity index (χ1) is 7.93. The zero-order valence-corrected chi connectivity index (χ0v) is 12.1. The van der Waals surface area contributed by atoms with Crippen molar-refractivity contribution in [3.05, 3.63) is 17.0 Å². The van der Waals surface area contributed by atoms with Crippen molar-refractivity contribution in [2.24, 2.45) is 11.7 Å². The van der Waals surface area contributed by atoms with E-state index in [1.54, 1.807) is 0 Å². The van der Waals surface area contributed by atoms with Crippen molar-refractivity contribution in [2.45, 2.75) is 40.2 Å². The summed E-state index contributed by atoms with van der Waals surface area (Å²) in [7, 11) is 0. The summed E-state index contributed by atoms with van der Waals surface area (Å²) >= 11 is 0. The lowest BCUT2D eigenvalue weighted by Crippen LogP contribution is -2.44. The Morgan fingerprint density at radius 1 is 1.44 bits per heavy atom. The molecule has 0 aromatic carbocycles. The number of amides is 1. The molecule has 104 valence electrons. The molecule has 0 spiro atoms. The van der Waals surface area contributed by atoms with E-state index in [9.17, 15) is 4.79 Å². The van der Waals surface area contributed by atoms with E-state index in [0.717, 1.165) is 23.4 Å². The van der Waals surface area contributed by atoms with Gasteiger partial charge in [-0.25, -0.2) is 0 Å². The molecule has 1 aromatic heterocycles. The van der Waals surface area contributed by atoms with Crippen molar-refractivity contribution in [1.29, 1.82) is 0 Å². The Labute approximate surface area is 114 Å². The Morgan fingerprint density at radius 3 is 2.50 bits per heavy atom. The molecule has 0 radical (unpaired) electrons. The normalized spacial score (nSPS) is 12.1. The van der Waals surface area contributed by atoms with E-state index in [1.807, 2.05) is 27.7 Å². The summed E-state index contributed by atoms with van der Waals surface area (Å²) in [4.78, 5) is 11.6. The van der Waals surface area contributed by atoms with Crippen LogP contribution in [0.15, 0.2) is 4.52 Å². The van der Waals surface area contributed by atoms with Gasteiger partial charge in [0, 0.05) is 12.1 Å². The lowest BCUT2D eigenvalue weighted by molar-refractivity contribution is -0.123.